The number of aromatic amines is 1. The molecule has 0 atom stereocenters. The molecule has 8 nitrogen and oxygen atoms in total. The molecule has 22 heavy (non-hydrogen) atoms. The summed E-state index contributed by atoms with van der Waals surface area (Å²) < 4.78 is 25.8. The number of H-pyrrole nitrogens is 1. The Morgan fingerprint density at radius 3 is 2.50 bits per heavy atom. The topological polar surface area (TPSA) is 95.5 Å². The van der Waals surface area contributed by atoms with Crippen LogP contribution in [0.15, 0.2) is 15.7 Å². The maximum Gasteiger partial charge on any atom is 0.328 e. The molecule has 1 aromatic rings. The quantitative estimate of drug-likeness (QED) is 0.749. The monoisotopic (exact) mass is 330 g/mol. The molecular formula is C13H22N4O4S. The van der Waals surface area contributed by atoms with Gasteiger partial charge in [-0.05, 0) is 19.9 Å². The van der Waals surface area contributed by atoms with Crippen molar-refractivity contribution in [3.8, 4) is 0 Å². The molecule has 1 aromatic heterocycles. The van der Waals surface area contributed by atoms with E-state index in [1.165, 1.54) is 21.2 Å². The molecule has 9 heteroatoms. The predicted molar refractivity (Wildman–Crippen MR) is 83.5 cm³/mol. The normalized spacial score (nSPS) is 18.3. The SMILES string of the molecule is Cc1cc(=O)n(CCN2CCCN(S(C)(=O)=O)CC2)c(=O)[nH]1. The second kappa shape index (κ2) is 6.76. The van der Waals surface area contributed by atoms with Gasteiger partial charge in [0.1, 0.15) is 0 Å². The van der Waals surface area contributed by atoms with E-state index in [1.54, 1.807) is 6.92 Å². The summed E-state index contributed by atoms with van der Waals surface area (Å²) in [6.45, 7) is 4.83. The van der Waals surface area contributed by atoms with Crippen molar-refractivity contribution in [1.82, 2.24) is 18.8 Å². The minimum absolute atomic E-state index is 0.299. The Balaban J connectivity index is 1.99. The van der Waals surface area contributed by atoms with Gasteiger partial charge in [-0.2, -0.15) is 0 Å². The first-order chi connectivity index (χ1) is 10.3. The highest BCUT2D eigenvalue weighted by Crippen LogP contribution is 2.06. The molecule has 0 amide bonds. The molecule has 2 heterocycles. The zero-order valence-corrected chi connectivity index (χ0v) is 13.7. The Morgan fingerprint density at radius 1 is 1.14 bits per heavy atom. The predicted octanol–water partition coefficient (Wildman–Crippen LogP) is -1.19. The van der Waals surface area contributed by atoms with Gasteiger partial charge < -0.3 is 9.88 Å². The summed E-state index contributed by atoms with van der Waals surface area (Å²) >= 11 is 0. The summed E-state index contributed by atoms with van der Waals surface area (Å²) in [6.07, 6.45) is 1.96. The average Bonchev–Trinajstić information content (AvgIpc) is 2.62. The minimum Gasteiger partial charge on any atom is -0.311 e. The van der Waals surface area contributed by atoms with Crippen molar-refractivity contribution in [3.05, 3.63) is 32.6 Å². The largest absolute Gasteiger partial charge is 0.328 e. The van der Waals surface area contributed by atoms with E-state index in [0.29, 0.717) is 38.4 Å². The molecule has 2 rings (SSSR count). The van der Waals surface area contributed by atoms with Crippen LogP contribution in [0.1, 0.15) is 12.1 Å². The first kappa shape index (κ1) is 16.9. The molecule has 124 valence electrons. The average molecular weight is 330 g/mol. The Labute approximate surface area is 129 Å². The highest BCUT2D eigenvalue weighted by Gasteiger charge is 2.21. The summed E-state index contributed by atoms with van der Waals surface area (Å²) in [7, 11) is -3.16. The molecule has 0 aliphatic carbocycles. The van der Waals surface area contributed by atoms with Crippen LogP contribution in [-0.2, 0) is 16.6 Å². The first-order valence-electron chi connectivity index (χ1n) is 7.25. The molecule has 1 aliphatic heterocycles. The number of hydrogen-bond donors (Lipinski definition) is 1. The molecule has 1 N–H and O–H groups in total. The van der Waals surface area contributed by atoms with Crippen LogP contribution in [0.25, 0.3) is 0 Å². The number of aromatic nitrogens is 2. The second-order valence-electron chi connectivity index (χ2n) is 5.60. The number of nitrogens with one attached hydrogen (secondary N) is 1. The Morgan fingerprint density at radius 2 is 1.86 bits per heavy atom. The third kappa shape index (κ3) is 4.28. The van der Waals surface area contributed by atoms with Gasteiger partial charge in [0.05, 0.1) is 6.26 Å². The fraction of sp³-hybridized carbons (Fsp3) is 0.692. The van der Waals surface area contributed by atoms with Crippen LogP contribution < -0.4 is 11.2 Å². The fourth-order valence-electron chi connectivity index (χ4n) is 2.59. The third-order valence-corrected chi connectivity index (χ3v) is 5.11. The van der Waals surface area contributed by atoms with Gasteiger partial charge in [0.2, 0.25) is 10.0 Å². The van der Waals surface area contributed by atoms with E-state index in [4.69, 9.17) is 0 Å². The molecule has 1 aliphatic rings. The summed E-state index contributed by atoms with van der Waals surface area (Å²) in [5.41, 5.74) is -0.170. The van der Waals surface area contributed by atoms with Crippen LogP contribution >= 0.6 is 0 Å². The molecular weight excluding hydrogens is 308 g/mol. The van der Waals surface area contributed by atoms with E-state index in [2.05, 4.69) is 9.88 Å². The van der Waals surface area contributed by atoms with Crippen molar-refractivity contribution >= 4 is 10.0 Å². The van der Waals surface area contributed by atoms with Crippen molar-refractivity contribution in [2.45, 2.75) is 19.9 Å². The lowest BCUT2D eigenvalue weighted by molar-refractivity contribution is 0.272. The highest BCUT2D eigenvalue weighted by atomic mass is 32.2. The summed E-state index contributed by atoms with van der Waals surface area (Å²) in [4.78, 5) is 28.3. The summed E-state index contributed by atoms with van der Waals surface area (Å²) in [6, 6.07) is 1.40. The number of sulfonamides is 1. The van der Waals surface area contributed by atoms with Gasteiger partial charge >= 0.3 is 5.69 Å². The maximum atomic E-state index is 11.8. The van der Waals surface area contributed by atoms with Crippen LogP contribution in [0, 0.1) is 6.92 Å². The smallest absolute Gasteiger partial charge is 0.311 e. The molecule has 0 spiro atoms. The van der Waals surface area contributed by atoms with Crippen LogP contribution in [0.3, 0.4) is 0 Å². The van der Waals surface area contributed by atoms with E-state index in [0.717, 1.165) is 13.0 Å². The van der Waals surface area contributed by atoms with Crippen LogP contribution in [0.2, 0.25) is 0 Å². The molecule has 0 radical (unpaired) electrons. The van der Waals surface area contributed by atoms with Crippen molar-refractivity contribution in [2.24, 2.45) is 0 Å². The van der Waals surface area contributed by atoms with Gasteiger partial charge in [-0.15, -0.1) is 0 Å². The summed E-state index contributed by atoms with van der Waals surface area (Å²) in [5, 5.41) is 0. The number of hydrogen-bond acceptors (Lipinski definition) is 5. The van der Waals surface area contributed by atoms with Gasteiger partial charge in [-0.1, -0.05) is 0 Å². The molecule has 0 saturated carbocycles. The lowest BCUT2D eigenvalue weighted by Gasteiger charge is -2.20. The third-order valence-electron chi connectivity index (χ3n) is 3.81. The van der Waals surface area contributed by atoms with E-state index >= 15 is 0 Å². The molecule has 0 bridgehead atoms. The lowest BCUT2D eigenvalue weighted by atomic mass is 10.4. The molecule has 1 saturated heterocycles. The highest BCUT2D eigenvalue weighted by molar-refractivity contribution is 7.88. The Hall–Kier alpha value is -1.45. The van der Waals surface area contributed by atoms with E-state index in [9.17, 15) is 18.0 Å². The van der Waals surface area contributed by atoms with Crippen LogP contribution in [-0.4, -0.2) is 66.2 Å². The van der Waals surface area contributed by atoms with Crippen molar-refractivity contribution < 1.29 is 8.42 Å². The number of nitrogens with zero attached hydrogens (tertiary/aromatic N) is 3. The van der Waals surface area contributed by atoms with Crippen LogP contribution in [0.5, 0.6) is 0 Å². The minimum atomic E-state index is -3.16. The fourth-order valence-corrected chi connectivity index (χ4v) is 3.47. The van der Waals surface area contributed by atoms with Crippen LogP contribution in [0.4, 0.5) is 0 Å². The molecule has 1 fully saturated rings. The van der Waals surface area contributed by atoms with E-state index in [-0.39, 0.29) is 5.56 Å². The van der Waals surface area contributed by atoms with E-state index < -0.39 is 15.7 Å². The van der Waals surface area contributed by atoms with Gasteiger partial charge in [0, 0.05) is 44.5 Å². The molecule has 0 unspecified atom stereocenters. The Kier molecular flexibility index (Phi) is 5.20. The lowest BCUT2D eigenvalue weighted by Crippen LogP contribution is -2.40. The Bertz CT molecular complexity index is 706. The van der Waals surface area contributed by atoms with E-state index in [1.807, 2.05) is 0 Å². The van der Waals surface area contributed by atoms with Gasteiger partial charge in [0.25, 0.3) is 5.56 Å². The number of rotatable bonds is 4. The number of aryl methyl sites for hydroxylation is 1. The standard InChI is InChI=1S/C13H22N4O4S/c1-11-10-12(18)17(13(19)14-11)9-7-15-4-3-5-16(8-6-15)22(2,20)21/h10H,3-9H2,1-2H3,(H,14,19). The zero-order chi connectivity index (χ0) is 16.3. The molecule has 0 aromatic carbocycles. The second-order valence-corrected chi connectivity index (χ2v) is 7.59. The maximum absolute atomic E-state index is 11.8. The van der Waals surface area contributed by atoms with Crippen molar-refractivity contribution in [2.75, 3.05) is 39.0 Å². The zero-order valence-electron chi connectivity index (χ0n) is 12.9. The van der Waals surface area contributed by atoms with Gasteiger partial charge in [0.15, 0.2) is 0 Å². The van der Waals surface area contributed by atoms with Gasteiger partial charge in [-0.3, -0.25) is 9.36 Å². The van der Waals surface area contributed by atoms with Crippen molar-refractivity contribution in [1.29, 1.82) is 0 Å². The van der Waals surface area contributed by atoms with Gasteiger partial charge in [-0.25, -0.2) is 17.5 Å². The van der Waals surface area contributed by atoms with Crippen molar-refractivity contribution in [3.63, 3.8) is 0 Å². The summed E-state index contributed by atoms with van der Waals surface area (Å²) in [5.74, 6) is 0. The first-order valence-corrected chi connectivity index (χ1v) is 9.10.